The smallest absolute Gasteiger partial charge is 0.251 e. The van der Waals surface area contributed by atoms with Gasteiger partial charge in [0.15, 0.2) is 0 Å². The molecule has 1 amide bonds. The van der Waals surface area contributed by atoms with Gasteiger partial charge in [0.1, 0.15) is 12.4 Å². The van der Waals surface area contributed by atoms with Gasteiger partial charge in [-0.1, -0.05) is 30.3 Å². The van der Waals surface area contributed by atoms with Gasteiger partial charge in [0, 0.05) is 25.2 Å². The molecule has 0 spiro atoms. The van der Waals surface area contributed by atoms with Crippen molar-refractivity contribution in [3.8, 4) is 5.75 Å². The molecule has 2 N–H and O–H groups in total. The lowest BCUT2D eigenvalue weighted by Crippen LogP contribution is -2.45. The van der Waals surface area contributed by atoms with Gasteiger partial charge < -0.3 is 20.1 Å². The maximum absolute atomic E-state index is 12.2. The standard InChI is InChI=1S/C19H22N2O3/c22-19(21-13-18-12-20-10-11-23-18)16-6-8-17(9-7-16)24-14-15-4-2-1-3-5-15/h1-9,18,20H,10-14H2,(H,21,22). The summed E-state index contributed by atoms with van der Waals surface area (Å²) in [5, 5.41) is 6.14. The van der Waals surface area contributed by atoms with Crippen LogP contribution in [-0.4, -0.2) is 38.3 Å². The Morgan fingerprint density at radius 2 is 1.96 bits per heavy atom. The van der Waals surface area contributed by atoms with E-state index in [1.165, 1.54) is 0 Å². The number of benzene rings is 2. The summed E-state index contributed by atoms with van der Waals surface area (Å²) >= 11 is 0. The quantitative estimate of drug-likeness (QED) is 0.852. The van der Waals surface area contributed by atoms with Crippen molar-refractivity contribution >= 4 is 5.91 Å². The molecule has 0 aromatic heterocycles. The Labute approximate surface area is 142 Å². The third-order valence-corrected chi connectivity index (χ3v) is 3.86. The molecule has 126 valence electrons. The molecule has 5 nitrogen and oxygen atoms in total. The summed E-state index contributed by atoms with van der Waals surface area (Å²) in [5.41, 5.74) is 1.73. The second kappa shape index (κ2) is 8.47. The van der Waals surface area contributed by atoms with Crippen molar-refractivity contribution in [3.05, 3.63) is 65.7 Å². The van der Waals surface area contributed by atoms with E-state index < -0.39 is 0 Å². The lowest BCUT2D eigenvalue weighted by atomic mass is 10.2. The van der Waals surface area contributed by atoms with Crippen molar-refractivity contribution in [2.24, 2.45) is 0 Å². The molecule has 5 heteroatoms. The minimum atomic E-state index is -0.0983. The summed E-state index contributed by atoms with van der Waals surface area (Å²) in [6, 6.07) is 17.2. The third-order valence-electron chi connectivity index (χ3n) is 3.86. The Balaban J connectivity index is 1.47. The lowest BCUT2D eigenvalue weighted by Gasteiger charge is -2.23. The van der Waals surface area contributed by atoms with Crippen molar-refractivity contribution in [1.29, 1.82) is 0 Å². The number of morpholine rings is 1. The summed E-state index contributed by atoms with van der Waals surface area (Å²) in [5.74, 6) is 0.647. The van der Waals surface area contributed by atoms with Gasteiger partial charge >= 0.3 is 0 Å². The molecule has 1 aliphatic heterocycles. The van der Waals surface area contributed by atoms with E-state index in [-0.39, 0.29) is 12.0 Å². The Bertz CT molecular complexity index is 637. The van der Waals surface area contributed by atoms with Crippen LogP contribution in [0.3, 0.4) is 0 Å². The Morgan fingerprint density at radius 3 is 2.67 bits per heavy atom. The third kappa shape index (κ3) is 4.81. The highest BCUT2D eigenvalue weighted by Gasteiger charge is 2.14. The van der Waals surface area contributed by atoms with Gasteiger partial charge in [0.2, 0.25) is 0 Å². The highest BCUT2D eigenvalue weighted by Crippen LogP contribution is 2.14. The fourth-order valence-corrected chi connectivity index (χ4v) is 2.50. The molecule has 1 unspecified atom stereocenters. The number of nitrogens with one attached hydrogen (secondary N) is 2. The molecule has 0 radical (unpaired) electrons. The minimum absolute atomic E-state index is 0.0381. The SMILES string of the molecule is O=C(NCC1CNCCO1)c1ccc(OCc2ccccc2)cc1. The second-order valence-electron chi connectivity index (χ2n) is 5.71. The Kier molecular flexibility index (Phi) is 5.82. The van der Waals surface area contributed by atoms with E-state index >= 15 is 0 Å². The Morgan fingerprint density at radius 1 is 1.17 bits per heavy atom. The number of ether oxygens (including phenoxy) is 2. The molecule has 24 heavy (non-hydrogen) atoms. The van der Waals surface area contributed by atoms with E-state index in [0.29, 0.717) is 25.3 Å². The molecule has 2 aromatic carbocycles. The zero-order chi connectivity index (χ0) is 16.6. The summed E-state index contributed by atoms with van der Waals surface area (Å²) < 4.78 is 11.3. The molecule has 0 aliphatic carbocycles. The number of rotatable bonds is 6. The molecule has 1 heterocycles. The first kappa shape index (κ1) is 16.5. The van der Waals surface area contributed by atoms with Crippen LogP contribution in [0.15, 0.2) is 54.6 Å². The van der Waals surface area contributed by atoms with Gasteiger partial charge in [-0.05, 0) is 29.8 Å². The number of carbonyl (C=O) groups excluding carboxylic acids is 1. The number of hydrogen-bond donors (Lipinski definition) is 2. The fraction of sp³-hybridized carbons (Fsp3) is 0.316. The van der Waals surface area contributed by atoms with Gasteiger partial charge in [-0.3, -0.25) is 4.79 Å². The van der Waals surface area contributed by atoms with Crippen molar-refractivity contribution in [2.75, 3.05) is 26.2 Å². The van der Waals surface area contributed by atoms with Crippen molar-refractivity contribution in [1.82, 2.24) is 10.6 Å². The topological polar surface area (TPSA) is 59.6 Å². The second-order valence-corrected chi connectivity index (χ2v) is 5.71. The van der Waals surface area contributed by atoms with Gasteiger partial charge in [0.05, 0.1) is 12.7 Å². The van der Waals surface area contributed by atoms with Gasteiger partial charge in [-0.25, -0.2) is 0 Å². The molecule has 0 saturated carbocycles. The molecule has 1 aliphatic rings. The van der Waals surface area contributed by atoms with E-state index in [4.69, 9.17) is 9.47 Å². The fourth-order valence-electron chi connectivity index (χ4n) is 2.50. The molecule has 1 atom stereocenters. The van der Waals surface area contributed by atoms with Crippen LogP contribution >= 0.6 is 0 Å². The first-order valence-electron chi connectivity index (χ1n) is 8.18. The van der Waals surface area contributed by atoms with Gasteiger partial charge in [-0.15, -0.1) is 0 Å². The summed E-state index contributed by atoms with van der Waals surface area (Å²) in [6.45, 7) is 3.35. The molecular formula is C19H22N2O3. The Hall–Kier alpha value is -2.37. The van der Waals surface area contributed by atoms with Crippen molar-refractivity contribution in [3.63, 3.8) is 0 Å². The molecule has 0 bridgehead atoms. The monoisotopic (exact) mass is 326 g/mol. The predicted molar refractivity (Wildman–Crippen MR) is 92.2 cm³/mol. The number of amides is 1. The highest BCUT2D eigenvalue weighted by atomic mass is 16.5. The lowest BCUT2D eigenvalue weighted by molar-refractivity contribution is 0.0287. The van der Waals surface area contributed by atoms with Crippen LogP contribution < -0.4 is 15.4 Å². The van der Waals surface area contributed by atoms with E-state index in [1.807, 2.05) is 42.5 Å². The van der Waals surface area contributed by atoms with Gasteiger partial charge in [-0.2, -0.15) is 0 Å². The van der Waals surface area contributed by atoms with E-state index in [1.54, 1.807) is 12.1 Å². The van der Waals surface area contributed by atoms with Crippen LogP contribution in [0, 0.1) is 0 Å². The summed E-state index contributed by atoms with van der Waals surface area (Å²) in [7, 11) is 0. The zero-order valence-corrected chi connectivity index (χ0v) is 13.5. The zero-order valence-electron chi connectivity index (χ0n) is 13.5. The average molecular weight is 326 g/mol. The van der Waals surface area contributed by atoms with Crippen LogP contribution in [-0.2, 0) is 11.3 Å². The summed E-state index contributed by atoms with van der Waals surface area (Å²) in [4.78, 5) is 12.2. The maximum Gasteiger partial charge on any atom is 0.251 e. The molecular weight excluding hydrogens is 304 g/mol. The normalized spacial score (nSPS) is 17.2. The average Bonchev–Trinajstić information content (AvgIpc) is 2.66. The number of hydrogen-bond acceptors (Lipinski definition) is 4. The molecule has 2 aromatic rings. The van der Waals surface area contributed by atoms with Crippen LogP contribution in [0.5, 0.6) is 5.75 Å². The van der Waals surface area contributed by atoms with Crippen LogP contribution in [0.1, 0.15) is 15.9 Å². The highest BCUT2D eigenvalue weighted by molar-refractivity contribution is 5.94. The molecule has 1 fully saturated rings. The van der Waals surface area contributed by atoms with Crippen LogP contribution in [0.2, 0.25) is 0 Å². The van der Waals surface area contributed by atoms with E-state index in [2.05, 4.69) is 10.6 Å². The summed E-state index contributed by atoms with van der Waals surface area (Å²) in [6.07, 6.45) is 0.0381. The maximum atomic E-state index is 12.2. The van der Waals surface area contributed by atoms with Crippen molar-refractivity contribution in [2.45, 2.75) is 12.7 Å². The van der Waals surface area contributed by atoms with Crippen LogP contribution in [0.4, 0.5) is 0 Å². The van der Waals surface area contributed by atoms with Crippen molar-refractivity contribution < 1.29 is 14.3 Å². The van der Waals surface area contributed by atoms with E-state index in [9.17, 15) is 4.79 Å². The number of carbonyl (C=O) groups is 1. The minimum Gasteiger partial charge on any atom is -0.489 e. The largest absolute Gasteiger partial charge is 0.489 e. The van der Waals surface area contributed by atoms with Gasteiger partial charge in [0.25, 0.3) is 5.91 Å². The van der Waals surface area contributed by atoms with E-state index in [0.717, 1.165) is 24.4 Å². The first-order chi connectivity index (χ1) is 11.8. The predicted octanol–water partition coefficient (Wildman–Crippen LogP) is 1.98. The molecule has 1 saturated heterocycles. The van der Waals surface area contributed by atoms with Crippen LogP contribution in [0.25, 0.3) is 0 Å². The first-order valence-corrected chi connectivity index (χ1v) is 8.18. The molecule has 3 rings (SSSR count).